The Kier molecular flexibility index (Phi) is 6.13. The van der Waals surface area contributed by atoms with Gasteiger partial charge in [0.05, 0.1) is 11.7 Å². The van der Waals surface area contributed by atoms with Crippen LogP contribution in [0.15, 0.2) is 6.20 Å². The lowest BCUT2D eigenvalue weighted by Gasteiger charge is -2.29. The van der Waals surface area contributed by atoms with Gasteiger partial charge in [-0.1, -0.05) is 5.21 Å². The number of nitrogens with zero attached hydrogens (tertiary/aromatic N) is 4. The van der Waals surface area contributed by atoms with E-state index in [0.29, 0.717) is 19.5 Å². The molecule has 0 bridgehead atoms. The summed E-state index contributed by atoms with van der Waals surface area (Å²) in [5.74, 6) is 0.169. The van der Waals surface area contributed by atoms with Crippen molar-refractivity contribution < 1.29 is 9.90 Å². The maximum atomic E-state index is 12.3. The molecule has 1 aromatic rings. The van der Waals surface area contributed by atoms with Crippen molar-refractivity contribution in [2.45, 2.75) is 51.7 Å². The van der Waals surface area contributed by atoms with Crippen LogP contribution in [0, 0.1) is 0 Å². The van der Waals surface area contributed by atoms with Gasteiger partial charge in [0.25, 0.3) is 0 Å². The van der Waals surface area contributed by atoms with E-state index in [1.807, 2.05) is 18.0 Å². The lowest BCUT2D eigenvalue weighted by Crippen LogP contribution is -2.46. The second kappa shape index (κ2) is 8.09. The number of carbonyl (C=O) groups excluding carboxylic acids is 1. The van der Waals surface area contributed by atoms with Crippen LogP contribution in [-0.4, -0.2) is 56.6 Å². The first-order valence-corrected chi connectivity index (χ1v) is 7.72. The summed E-state index contributed by atoms with van der Waals surface area (Å²) in [7, 11) is 0. The summed E-state index contributed by atoms with van der Waals surface area (Å²) < 4.78 is 1.71. The number of amides is 1. The van der Waals surface area contributed by atoms with E-state index in [4.69, 9.17) is 5.11 Å². The number of carbonyl (C=O) groups is 1. The molecule has 0 spiro atoms. The van der Waals surface area contributed by atoms with Crippen LogP contribution in [0.3, 0.4) is 0 Å². The zero-order chi connectivity index (χ0) is 15.1. The third-order valence-electron chi connectivity index (χ3n) is 3.76. The molecule has 0 saturated carbocycles. The van der Waals surface area contributed by atoms with Crippen molar-refractivity contribution in [2.24, 2.45) is 0 Å². The van der Waals surface area contributed by atoms with Crippen molar-refractivity contribution in [1.82, 2.24) is 25.2 Å². The molecule has 118 valence electrons. The Hall–Kier alpha value is -1.47. The van der Waals surface area contributed by atoms with Crippen LogP contribution < -0.4 is 5.32 Å². The summed E-state index contributed by atoms with van der Waals surface area (Å²) >= 11 is 0. The number of aromatic nitrogens is 3. The van der Waals surface area contributed by atoms with Crippen LogP contribution in [-0.2, 0) is 17.9 Å². The van der Waals surface area contributed by atoms with Gasteiger partial charge in [0.1, 0.15) is 0 Å². The van der Waals surface area contributed by atoms with Gasteiger partial charge in [-0.25, -0.2) is 0 Å². The van der Waals surface area contributed by atoms with Crippen molar-refractivity contribution in [3.63, 3.8) is 0 Å². The Morgan fingerprint density at radius 1 is 1.43 bits per heavy atom. The van der Waals surface area contributed by atoms with Crippen molar-refractivity contribution in [2.75, 3.05) is 19.7 Å². The molecule has 1 fully saturated rings. The molecule has 2 rings (SSSR count). The number of aliphatic hydroxyl groups excluding tert-OH is 1. The first kappa shape index (κ1) is 15.9. The molecule has 1 aromatic heterocycles. The van der Waals surface area contributed by atoms with Crippen LogP contribution in [0.4, 0.5) is 0 Å². The molecule has 2 heterocycles. The fourth-order valence-electron chi connectivity index (χ4n) is 2.49. The molecule has 2 N–H and O–H groups in total. The Morgan fingerprint density at radius 2 is 2.19 bits per heavy atom. The molecule has 7 heteroatoms. The number of hydrogen-bond acceptors (Lipinski definition) is 5. The predicted molar refractivity (Wildman–Crippen MR) is 78.5 cm³/mol. The first-order valence-electron chi connectivity index (χ1n) is 7.72. The number of hydrogen-bond donors (Lipinski definition) is 2. The van der Waals surface area contributed by atoms with Gasteiger partial charge in [-0.05, 0) is 32.6 Å². The van der Waals surface area contributed by atoms with Crippen LogP contribution >= 0.6 is 0 Å². The highest BCUT2D eigenvalue weighted by atomic mass is 16.3. The van der Waals surface area contributed by atoms with Crippen molar-refractivity contribution >= 4 is 5.91 Å². The molecule has 1 aliphatic heterocycles. The minimum atomic E-state index is -0.203. The molecule has 1 saturated heterocycles. The first-order chi connectivity index (χ1) is 10.2. The SMILES string of the molecule is CC(NCc1cn(CCCO)nn1)C(=O)N1CCCCC1. The Labute approximate surface area is 125 Å². The number of piperidine rings is 1. The monoisotopic (exact) mass is 295 g/mol. The smallest absolute Gasteiger partial charge is 0.239 e. The van der Waals surface area contributed by atoms with Crippen LogP contribution in [0.1, 0.15) is 38.3 Å². The van der Waals surface area contributed by atoms with E-state index in [1.165, 1.54) is 6.42 Å². The number of aliphatic hydroxyl groups is 1. The highest BCUT2D eigenvalue weighted by Crippen LogP contribution is 2.10. The Bertz CT molecular complexity index is 442. The standard InChI is InChI=1S/C14H25N5O2/c1-12(14(21)18-6-3-2-4-7-18)15-10-13-11-19(17-16-13)8-5-9-20/h11-12,15,20H,2-10H2,1H3. The number of aryl methyl sites for hydroxylation is 1. The van der Waals surface area contributed by atoms with Crippen LogP contribution in [0.25, 0.3) is 0 Å². The van der Waals surface area contributed by atoms with E-state index in [2.05, 4.69) is 15.6 Å². The van der Waals surface area contributed by atoms with E-state index in [9.17, 15) is 4.79 Å². The van der Waals surface area contributed by atoms with Gasteiger partial charge >= 0.3 is 0 Å². The maximum Gasteiger partial charge on any atom is 0.239 e. The number of likely N-dealkylation sites (tertiary alicyclic amines) is 1. The highest BCUT2D eigenvalue weighted by Gasteiger charge is 2.21. The molecular weight excluding hydrogens is 270 g/mol. The molecule has 1 unspecified atom stereocenters. The van der Waals surface area contributed by atoms with Gasteiger partial charge in [0.15, 0.2) is 0 Å². The van der Waals surface area contributed by atoms with Gasteiger partial charge in [0, 0.05) is 39.0 Å². The normalized spacial score (nSPS) is 17.0. The summed E-state index contributed by atoms with van der Waals surface area (Å²) in [6.45, 7) is 4.98. The lowest BCUT2D eigenvalue weighted by atomic mass is 10.1. The molecule has 0 radical (unpaired) electrons. The fourth-order valence-corrected chi connectivity index (χ4v) is 2.49. The van der Waals surface area contributed by atoms with Gasteiger partial charge in [-0.15, -0.1) is 5.10 Å². The van der Waals surface area contributed by atoms with Crippen molar-refractivity contribution in [3.05, 3.63) is 11.9 Å². The predicted octanol–water partition coefficient (Wildman–Crippen LogP) is 0.151. The Morgan fingerprint density at radius 3 is 2.90 bits per heavy atom. The van der Waals surface area contributed by atoms with Gasteiger partial charge in [0.2, 0.25) is 5.91 Å². The summed E-state index contributed by atoms with van der Waals surface area (Å²) in [4.78, 5) is 14.2. The topological polar surface area (TPSA) is 83.3 Å². The fraction of sp³-hybridized carbons (Fsp3) is 0.786. The average Bonchev–Trinajstić information content (AvgIpc) is 2.98. The molecule has 0 aromatic carbocycles. The van der Waals surface area contributed by atoms with Gasteiger partial charge < -0.3 is 15.3 Å². The van der Waals surface area contributed by atoms with E-state index in [1.54, 1.807) is 4.68 Å². The minimum Gasteiger partial charge on any atom is -0.396 e. The number of rotatable bonds is 7. The second-order valence-corrected chi connectivity index (χ2v) is 5.54. The zero-order valence-corrected chi connectivity index (χ0v) is 12.7. The average molecular weight is 295 g/mol. The van der Waals surface area contributed by atoms with Crippen molar-refractivity contribution in [3.8, 4) is 0 Å². The summed E-state index contributed by atoms with van der Waals surface area (Å²) in [5.41, 5.74) is 0.811. The largest absolute Gasteiger partial charge is 0.396 e. The van der Waals surface area contributed by atoms with E-state index in [-0.39, 0.29) is 18.6 Å². The molecule has 7 nitrogen and oxygen atoms in total. The van der Waals surface area contributed by atoms with Gasteiger partial charge in [-0.3, -0.25) is 9.48 Å². The van der Waals surface area contributed by atoms with Crippen LogP contribution in [0.5, 0.6) is 0 Å². The molecule has 1 amide bonds. The van der Waals surface area contributed by atoms with E-state index >= 15 is 0 Å². The zero-order valence-electron chi connectivity index (χ0n) is 12.7. The van der Waals surface area contributed by atoms with E-state index < -0.39 is 0 Å². The molecule has 1 atom stereocenters. The van der Waals surface area contributed by atoms with Crippen LogP contribution in [0.2, 0.25) is 0 Å². The van der Waals surface area contributed by atoms with Gasteiger partial charge in [-0.2, -0.15) is 0 Å². The summed E-state index contributed by atoms with van der Waals surface area (Å²) in [6, 6.07) is -0.203. The molecule has 21 heavy (non-hydrogen) atoms. The van der Waals surface area contributed by atoms with E-state index in [0.717, 1.165) is 31.6 Å². The molecule has 1 aliphatic rings. The Balaban J connectivity index is 1.76. The molecular formula is C14H25N5O2. The minimum absolute atomic E-state index is 0.148. The quantitative estimate of drug-likeness (QED) is 0.748. The number of nitrogens with one attached hydrogen (secondary N) is 1. The third kappa shape index (κ3) is 4.78. The maximum absolute atomic E-state index is 12.3. The second-order valence-electron chi connectivity index (χ2n) is 5.54. The summed E-state index contributed by atoms with van der Waals surface area (Å²) in [5, 5.41) is 20.0. The van der Waals surface area contributed by atoms with Crippen molar-refractivity contribution in [1.29, 1.82) is 0 Å². The lowest BCUT2D eigenvalue weighted by molar-refractivity contribution is -0.133. The molecule has 0 aliphatic carbocycles. The summed E-state index contributed by atoms with van der Waals surface area (Å²) in [6.07, 6.45) is 5.96. The highest BCUT2D eigenvalue weighted by molar-refractivity contribution is 5.81. The third-order valence-corrected chi connectivity index (χ3v) is 3.76.